The third-order valence-electron chi connectivity index (χ3n) is 2.91. The van der Waals surface area contributed by atoms with Gasteiger partial charge in [0.2, 0.25) is 5.91 Å². The first kappa shape index (κ1) is 16.9. The molecule has 0 heterocycles. The molecule has 6 heteroatoms. The summed E-state index contributed by atoms with van der Waals surface area (Å²) in [5.74, 6) is -3.13. The number of rotatable bonds is 6. The minimum absolute atomic E-state index is 0.0571. The van der Waals surface area contributed by atoms with Gasteiger partial charge in [-0.05, 0) is 12.1 Å². The summed E-state index contributed by atoms with van der Waals surface area (Å²) in [7, 11) is 0. The molecule has 0 spiro atoms. The van der Waals surface area contributed by atoms with Gasteiger partial charge < -0.3 is 10.6 Å². The van der Waals surface area contributed by atoms with Crippen LogP contribution in [0.3, 0.4) is 0 Å². The molecule has 0 radical (unpaired) electrons. The zero-order chi connectivity index (χ0) is 16.0. The van der Waals surface area contributed by atoms with Gasteiger partial charge in [0, 0.05) is 31.5 Å². The molecule has 21 heavy (non-hydrogen) atoms. The Bertz CT molecular complexity index is 545. The van der Waals surface area contributed by atoms with Gasteiger partial charge in [0.1, 0.15) is 6.07 Å². The fraction of sp³-hybridized carbons (Fsp3) is 0.467. The third-order valence-corrected chi connectivity index (χ3v) is 2.91. The topological polar surface area (TPSA) is 64.9 Å². The average molecular weight is 295 g/mol. The van der Waals surface area contributed by atoms with E-state index in [1.54, 1.807) is 13.8 Å². The van der Waals surface area contributed by atoms with E-state index in [9.17, 15) is 13.6 Å². The summed E-state index contributed by atoms with van der Waals surface area (Å²) in [5, 5.41) is 14.7. The van der Waals surface area contributed by atoms with Gasteiger partial charge >= 0.3 is 0 Å². The van der Waals surface area contributed by atoms with Crippen LogP contribution in [0.1, 0.15) is 31.9 Å². The first-order valence-corrected chi connectivity index (χ1v) is 6.69. The highest BCUT2D eigenvalue weighted by molar-refractivity contribution is 5.77. The van der Waals surface area contributed by atoms with E-state index in [1.165, 1.54) is 18.2 Å². The van der Waals surface area contributed by atoms with Crippen molar-refractivity contribution in [2.24, 2.45) is 5.92 Å². The predicted octanol–water partition coefficient (Wildman–Crippen LogP) is 2.85. The lowest BCUT2D eigenvalue weighted by Gasteiger charge is -2.14. The third kappa shape index (κ3) is 5.03. The van der Waals surface area contributed by atoms with Gasteiger partial charge in [0.15, 0.2) is 0 Å². The highest BCUT2D eigenvalue weighted by Gasteiger charge is 2.25. The Morgan fingerprint density at radius 3 is 2.57 bits per heavy atom. The summed E-state index contributed by atoms with van der Waals surface area (Å²) in [6.07, 6.45) is 0. The Morgan fingerprint density at radius 2 is 2.05 bits per heavy atom. The van der Waals surface area contributed by atoms with Crippen molar-refractivity contribution >= 4 is 11.6 Å². The second-order valence-electron chi connectivity index (χ2n) is 5.13. The number of nitrogens with one attached hydrogen (secondary N) is 2. The second kappa shape index (κ2) is 7.02. The van der Waals surface area contributed by atoms with Crippen molar-refractivity contribution in [1.82, 2.24) is 5.32 Å². The molecule has 1 aromatic carbocycles. The molecule has 0 aromatic heterocycles. The van der Waals surface area contributed by atoms with Crippen LogP contribution in [-0.4, -0.2) is 19.0 Å². The number of benzene rings is 1. The van der Waals surface area contributed by atoms with Gasteiger partial charge in [0.05, 0.1) is 11.3 Å². The van der Waals surface area contributed by atoms with E-state index in [2.05, 4.69) is 10.6 Å². The predicted molar refractivity (Wildman–Crippen MR) is 77.1 cm³/mol. The lowest BCUT2D eigenvalue weighted by molar-refractivity contribution is -0.123. The van der Waals surface area contributed by atoms with Crippen LogP contribution >= 0.6 is 0 Å². The first-order chi connectivity index (χ1) is 9.75. The number of alkyl halides is 2. The van der Waals surface area contributed by atoms with Gasteiger partial charge in [-0.3, -0.25) is 4.79 Å². The van der Waals surface area contributed by atoms with Crippen LogP contribution in [0.25, 0.3) is 0 Å². The van der Waals surface area contributed by atoms with Crippen molar-refractivity contribution in [1.29, 1.82) is 5.26 Å². The first-order valence-electron chi connectivity index (χ1n) is 6.69. The molecule has 4 nitrogen and oxygen atoms in total. The number of carbonyl (C=O) groups is 1. The lowest BCUT2D eigenvalue weighted by Crippen LogP contribution is -2.31. The van der Waals surface area contributed by atoms with Crippen LogP contribution in [0, 0.1) is 17.2 Å². The van der Waals surface area contributed by atoms with Gasteiger partial charge in [-0.15, -0.1) is 0 Å². The summed E-state index contributed by atoms with van der Waals surface area (Å²) in [6, 6.07) is 5.81. The molecular formula is C15H19F2N3O. The lowest BCUT2D eigenvalue weighted by atomic mass is 10.1. The van der Waals surface area contributed by atoms with Crippen molar-refractivity contribution in [2.45, 2.75) is 26.7 Å². The van der Waals surface area contributed by atoms with Crippen LogP contribution in [0.4, 0.5) is 14.5 Å². The molecule has 114 valence electrons. The minimum Gasteiger partial charge on any atom is -0.382 e. The van der Waals surface area contributed by atoms with E-state index in [0.29, 0.717) is 18.8 Å². The Hall–Kier alpha value is -2.16. The normalized spacial score (nSPS) is 11.1. The molecule has 0 aliphatic rings. The number of halogens is 2. The summed E-state index contributed by atoms with van der Waals surface area (Å²) in [4.78, 5) is 11.4. The smallest absolute Gasteiger partial charge is 0.270 e. The summed E-state index contributed by atoms with van der Waals surface area (Å²) >= 11 is 0. The van der Waals surface area contributed by atoms with E-state index in [-0.39, 0.29) is 23.0 Å². The molecular weight excluding hydrogens is 276 g/mol. The van der Waals surface area contributed by atoms with Crippen molar-refractivity contribution < 1.29 is 13.6 Å². The van der Waals surface area contributed by atoms with Crippen molar-refractivity contribution in [3.63, 3.8) is 0 Å². The molecule has 1 aromatic rings. The fourth-order valence-electron chi connectivity index (χ4n) is 1.65. The minimum atomic E-state index is -2.98. The second-order valence-corrected chi connectivity index (χ2v) is 5.13. The Labute approximate surface area is 123 Å². The molecule has 0 atom stereocenters. The zero-order valence-electron chi connectivity index (χ0n) is 12.3. The maximum atomic E-state index is 13.2. The molecule has 2 N–H and O–H groups in total. The number of amides is 1. The van der Waals surface area contributed by atoms with Crippen LogP contribution in [-0.2, 0) is 10.7 Å². The van der Waals surface area contributed by atoms with E-state index in [0.717, 1.165) is 6.92 Å². The number of hydrogen-bond acceptors (Lipinski definition) is 3. The molecule has 0 aliphatic heterocycles. The number of carbonyl (C=O) groups excluding carboxylic acids is 1. The Kier molecular flexibility index (Phi) is 5.65. The molecule has 0 unspecified atom stereocenters. The van der Waals surface area contributed by atoms with Gasteiger partial charge in [-0.1, -0.05) is 19.9 Å². The van der Waals surface area contributed by atoms with E-state index in [1.807, 2.05) is 6.07 Å². The maximum absolute atomic E-state index is 13.2. The maximum Gasteiger partial charge on any atom is 0.270 e. The largest absolute Gasteiger partial charge is 0.382 e. The Balaban J connectivity index is 2.64. The fourth-order valence-corrected chi connectivity index (χ4v) is 1.65. The van der Waals surface area contributed by atoms with Crippen LogP contribution in [0.15, 0.2) is 18.2 Å². The number of nitrogens with zero attached hydrogens (tertiary/aromatic N) is 1. The SMILES string of the molecule is CC(C)C(=O)NCCNc1ccc(C(C)(F)F)cc1C#N. The van der Waals surface area contributed by atoms with E-state index < -0.39 is 5.92 Å². The monoisotopic (exact) mass is 295 g/mol. The van der Waals surface area contributed by atoms with E-state index >= 15 is 0 Å². The summed E-state index contributed by atoms with van der Waals surface area (Å²) in [5.41, 5.74) is 0.436. The van der Waals surface area contributed by atoms with Crippen molar-refractivity contribution in [3.8, 4) is 6.07 Å². The van der Waals surface area contributed by atoms with Crippen molar-refractivity contribution in [3.05, 3.63) is 29.3 Å². The van der Waals surface area contributed by atoms with Crippen LogP contribution in [0.2, 0.25) is 0 Å². The molecule has 0 bridgehead atoms. The quantitative estimate of drug-likeness (QED) is 0.793. The Morgan fingerprint density at radius 1 is 1.38 bits per heavy atom. The number of nitriles is 1. The standard InChI is InChI=1S/C15H19F2N3O/c1-10(2)14(21)20-7-6-19-13-5-4-12(15(3,16)17)8-11(13)9-18/h4-5,8,10,19H,6-7H2,1-3H3,(H,20,21). The molecule has 1 amide bonds. The zero-order valence-corrected chi connectivity index (χ0v) is 12.3. The molecule has 0 fully saturated rings. The van der Waals surface area contributed by atoms with Crippen molar-refractivity contribution in [2.75, 3.05) is 18.4 Å². The number of hydrogen-bond donors (Lipinski definition) is 2. The van der Waals surface area contributed by atoms with Gasteiger partial charge in [-0.2, -0.15) is 5.26 Å². The summed E-state index contributed by atoms with van der Waals surface area (Å²) in [6.45, 7) is 5.18. The highest BCUT2D eigenvalue weighted by atomic mass is 19.3. The van der Waals surface area contributed by atoms with E-state index in [4.69, 9.17) is 5.26 Å². The highest BCUT2D eigenvalue weighted by Crippen LogP contribution is 2.29. The molecule has 1 rings (SSSR count). The molecule has 0 saturated carbocycles. The summed E-state index contributed by atoms with van der Waals surface area (Å²) < 4.78 is 26.4. The van der Waals surface area contributed by atoms with Gasteiger partial charge in [-0.25, -0.2) is 8.78 Å². The molecule has 0 aliphatic carbocycles. The van der Waals surface area contributed by atoms with Gasteiger partial charge in [0.25, 0.3) is 5.92 Å². The molecule has 0 saturated heterocycles. The number of anilines is 1. The average Bonchev–Trinajstić information content (AvgIpc) is 2.42. The van der Waals surface area contributed by atoms with Crippen LogP contribution < -0.4 is 10.6 Å². The van der Waals surface area contributed by atoms with Crippen LogP contribution in [0.5, 0.6) is 0 Å².